The maximum Gasteiger partial charge on any atom is 0.317 e. The van der Waals surface area contributed by atoms with Gasteiger partial charge in [-0.2, -0.15) is 10.1 Å². The summed E-state index contributed by atoms with van der Waals surface area (Å²) in [5.41, 5.74) is 9.40. The van der Waals surface area contributed by atoms with Gasteiger partial charge in [0.1, 0.15) is 17.9 Å². The van der Waals surface area contributed by atoms with Crippen molar-refractivity contribution < 1.29 is 14.3 Å². The molecule has 0 spiro atoms. The molecule has 2 fully saturated rings. The number of hydrogen-bond donors (Lipinski definition) is 2. The average Bonchev–Trinajstić information content (AvgIpc) is 3.59. The minimum absolute atomic E-state index is 0.0575. The number of nitrogens with two attached hydrogens (primary N) is 1. The summed E-state index contributed by atoms with van der Waals surface area (Å²) < 4.78 is 13.8. The number of carbonyl (C=O) groups is 1. The highest BCUT2D eigenvalue weighted by Crippen LogP contribution is 2.35. The van der Waals surface area contributed by atoms with Gasteiger partial charge in [-0.05, 0) is 85.5 Å². The van der Waals surface area contributed by atoms with Crippen LogP contribution in [-0.2, 0) is 0 Å². The number of nitrogens with zero attached hydrogens (tertiary/aromatic N) is 8. The number of thiazole rings is 1. The Hall–Kier alpha value is -4.04. The Kier molecular flexibility index (Phi) is 9.04. The van der Waals surface area contributed by atoms with Crippen LogP contribution in [0.2, 0.25) is 0 Å². The molecule has 5 heterocycles. The Bertz CT molecular complexity index is 1650. The highest BCUT2D eigenvalue weighted by molar-refractivity contribution is 7.13. The molecular weight excluding hydrogens is 592 g/mol. The zero-order chi connectivity index (χ0) is 31.7. The van der Waals surface area contributed by atoms with Crippen LogP contribution in [0.4, 0.5) is 11.5 Å². The number of aryl methyl sites for hydroxylation is 1. The third kappa shape index (κ3) is 6.81. The van der Waals surface area contributed by atoms with Gasteiger partial charge in [0.2, 0.25) is 5.88 Å². The van der Waals surface area contributed by atoms with Crippen LogP contribution >= 0.6 is 11.3 Å². The standard InChI is InChI=1S/C31H42N10O3S/c1-18(2)43-31-33-13-12-23(38-31)24-15-25(26-28(32)34-17-35-41(24)26)40-14-6-7-20(16-40)37-29(42)27-30(36-19(3)45-27)44-22-10-8-21(9-11-22)39(4)5/h12-13,15,17-18,20-22H,6-11,14,16H2,1-5H3,(H,37,42)(H2,32,34,35)/t20-,21?,22?/m1/s1. The van der Waals surface area contributed by atoms with E-state index in [1.807, 2.05) is 32.9 Å². The molecule has 1 amide bonds. The van der Waals surface area contributed by atoms with Gasteiger partial charge < -0.3 is 30.3 Å². The minimum atomic E-state index is -0.145. The molecule has 14 heteroatoms. The van der Waals surface area contributed by atoms with Gasteiger partial charge in [-0.3, -0.25) is 4.79 Å². The molecule has 0 radical (unpaired) electrons. The molecule has 0 bridgehead atoms. The molecular formula is C31H42N10O3S. The number of carbonyl (C=O) groups excluding carboxylic acids is 1. The Balaban J connectivity index is 1.19. The number of rotatable bonds is 9. The third-order valence-electron chi connectivity index (χ3n) is 8.46. The molecule has 0 aromatic carbocycles. The van der Waals surface area contributed by atoms with Crippen molar-refractivity contribution in [2.75, 3.05) is 37.8 Å². The number of aromatic nitrogens is 6. The van der Waals surface area contributed by atoms with Crippen molar-refractivity contribution in [3.05, 3.63) is 34.5 Å². The van der Waals surface area contributed by atoms with Gasteiger partial charge in [-0.1, -0.05) is 0 Å². The first-order valence-corrected chi connectivity index (χ1v) is 16.5. The first kappa shape index (κ1) is 31.0. The summed E-state index contributed by atoms with van der Waals surface area (Å²) in [5, 5.41) is 8.60. The van der Waals surface area contributed by atoms with E-state index in [2.05, 4.69) is 54.2 Å². The topological polar surface area (TPSA) is 149 Å². The van der Waals surface area contributed by atoms with E-state index in [9.17, 15) is 4.79 Å². The molecule has 0 unspecified atom stereocenters. The van der Waals surface area contributed by atoms with E-state index in [0.717, 1.165) is 61.5 Å². The maximum absolute atomic E-state index is 13.6. The fourth-order valence-electron chi connectivity index (χ4n) is 6.26. The van der Waals surface area contributed by atoms with E-state index in [-0.39, 0.29) is 24.2 Å². The second kappa shape index (κ2) is 13.1. The molecule has 1 saturated heterocycles. The summed E-state index contributed by atoms with van der Waals surface area (Å²) in [5.74, 6) is 0.676. The summed E-state index contributed by atoms with van der Waals surface area (Å²) in [6, 6.07) is 4.64. The van der Waals surface area contributed by atoms with Gasteiger partial charge in [0, 0.05) is 31.4 Å². The highest BCUT2D eigenvalue weighted by Gasteiger charge is 2.30. The lowest BCUT2D eigenvalue weighted by Gasteiger charge is -2.34. The van der Waals surface area contributed by atoms with Crippen molar-refractivity contribution in [1.29, 1.82) is 0 Å². The predicted octanol–water partition coefficient (Wildman–Crippen LogP) is 3.97. The van der Waals surface area contributed by atoms with Gasteiger partial charge in [0.15, 0.2) is 10.7 Å². The summed E-state index contributed by atoms with van der Waals surface area (Å²) in [4.78, 5) is 36.4. The largest absolute Gasteiger partial charge is 0.473 e. The third-order valence-corrected chi connectivity index (χ3v) is 9.41. The molecule has 1 saturated carbocycles. The van der Waals surface area contributed by atoms with Crippen molar-refractivity contribution in [3.8, 4) is 23.3 Å². The van der Waals surface area contributed by atoms with Crippen LogP contribution in [0.15, 0.2) is 24.7 Å². The molecule has 45 heavy (non-hydrogen) atoms. The molecule has 1 aliphatic carbocycles. The Labute approximate surface area is 267 Å². The van der Waals surface area contributed by atoms with Crippen molar-refractivity contribution in [2.24, 2.45) is 0 Å². The van der Waals surface area contributed by atoms with Crippen LogP contribution in [0, 0.1) is 6.92 Å². The van der Waals surface area contributed by atoms with Crippen LogP contribution in [0.25, 0.3) is 16.9 Å². The second-order valence-corrected chi connectivity index (χ2v) is 13.6. The van der Waals surface area contributed by atoms with Crippen LogP contribution in [0.3, 0.4) is 0 Å². The maximum atomic E-state index is 13.6. The molecule has 2 aliphatic rings. The molecule has 4 aromatic heterocycles. The number of nitrogens with one attached hydrogen (secondary N) is 1. The van der Waals surface area contributed by atoms with E-state index >= 15 is 0 Å². The first-order valence-electron chi connectivity index (χ1n) is 15.6. The zero-order valence-corrected chi connectivity index (χ0v) is 27.4. The molecule has 13 nitrogen and oxygen atoms in total. The number of ether oxygens (including phenoxy) is 2. The van der Waals surface area contributed by atoms with Crippen LogP contribution in [-0.4, -0.2) is 91.8 Å². The van der Waals surface area contributed by atoms with Gasteiger partial charge in [0.05, 0.1) is 28.2 Å². The summed E-state index contributed by atoms with van der Waals surface area (Å²) in [6.45, 7) is 7.18. The lowest BCUT2D eigenvalue weighted by molar-refractivity contribution is 0.0907. The number of anilines is 2. The number of amides is 1. The van der Waals surface area contributed by atoms with E-state index in [1.54, 1.807) is 10.7 Å². The van der Waals surface area contributed by atoms with Gasteiger partial charge in [-0.25, -0.2) is 19.5 Å². The Morgan fingerprint density at radius 1 is 1.16 bits per heavy atom. The van der Waals surface area contributed by atoms with Crippen LogP contribution in [0.5, 0.6) is 11.9 Å². The molecule has 4 aromatic rings. The number of piperidine rings is 1. The summed E-state index contributed by atoms with van der Waals surface area (Å²) in [6.07, 6.45) is 8.95. The molecule has 3 N–H and O–H groups in total. The summed E-state index contributed by atoms with van der Waals surface area (Å²) in [7, 11) is 4.25. The van der Waals surface area contributed by atoms with E-state index in [4.69, 9.17) is 15.2 Å². The monoisotopic (exact) mass is 634 g/mol. The average molecular weight is 635 g/mol. The fourth-order valence-corrected chi connectivity index (χ4v) is 7.01. The van der Waals surface area contributed by atoms with Crippen LogP contribution in [0.1, 0.15) is 67.1 Å². The predicted molar refractivity (Wildman–Crippen MR) is 174 cm³/mol. The smallest absolute Gasteiger partial charge is 0.317 e. The first-order chi connectivity index (χ1) is 21.7. The van der Waals surface area contributed by atoms with Crippen molar-refractivity contribution in [2.45, 2.75) is 83.6 Å². The number of hydrogen-bond acceptors (Lipinski definition) is 12. The van der Waals surface area contributed by atoms with E-state index in [0.29, 0.717) is 46.4 Å². The molecule has 240 valence electrons. The van der Waals surface area contributed by atoms with E-state index < -0.39 is 0 Å². The van der Waals surface area contributed by atoms with E-state index in [1.165, 1.54) is 17.7 Å². The van der Waals surface area contributed by atoms with Crippen molar-refractivity contribution in [3.63, 3.8) is 0 Å². The Morgan fingerprint density at radius 2 is 1.96 bits per heavy atom. The number of fused-ring (bicyclic) bond motifs is 1. The van der Waals surface area contributed by atoms with Gasteiger partial charge in [-0.15, -0.1) is 11.3 Å². The molecule has 1 aliphatic heterocycles. The summed E-state index contributed by atoms with van der Waals surface area (Å²) >= 11 is 1.38. The Morgan fingerprint density at radius 3 is 2.71 bits per heavy atom. The highest BCUT2D eigenvalue weighted by atomic mass is 32.1. The SMILES string of the molecule is Cc1nc(OC2CCC(N(C)C)CC2)c(C(=O)N[C@@H]2CCCN(c3cc(-c4ccnc(OC(C)C)n4)n4ncnc(N)c34)C2)s1. The van der Waals surface area contributed by atoms with Crippen molar-refractivity contribution >= 4 is 34.3 Å². The zero-order valence-electron chi connectivity index (χ0n) is 26.6. The van der Waals surface area contributed by atoms with Gasteiger partial charge >= 0.3 is 6.01 Å². The fraction of sp³-hybridized carbons (Fsp3) is 0.548. The van der Waals surface area contributed by atoms with Crippen molar-refractivity contribution in [1.82, 2.24) is 39.8 Å². The normalized spacial score (nSPS) is 20.6. The second-order valence-electron chi connectivity index (χ2n) is 12.3. The molecule has 6 rings (SSSR count). The minimum Gasteiger partial charge on any atom is -0.473 e. The van der Waals surface area contributed by atoms with Crippen LogP contribution < -0.4 is 25.4 Å². The number of nitrogen functional groups attached to an aromatic ring is 1. The quantitative estimate of drug-likeness (QED) is 0.275. The van der Waals surface area contributed by atoms with Gasteiger partial charge in [0.25, 0.3) is 5.91 Å². The molecule has 1 atom stereocenters. The lowest BCUT2D eigenvalue weighted by Crippen LogP contribution is -2.47. The lowest BCUT2D eigenvalue weighted by atomic mass is 9.92.